The highest BCUT2D eigenvalue weighted by molar-refractivity contribution is 6.00. The van der Waals surface area contributed by atoms with Gasteiger partial charge in [-0.25, -0.2) is 0 Å². The summed E-state index contributed by atoms with van der Waals surface area (Å²) in [6.07, 6.45) is 6.18. The molecule has 21 heavy (non-hydrogen) atoms. The molecule has 0 saturated carbocycles. The predicted molar refractivity (Wildman–Crippen MR) is 88.6 cm³/mol. The van der Waals surface area contributed by atoms with Crippen LogP contribution in [0.5, 0.6) is 0 Å². The SMILES string of the molecule is CCCCN(C(=O)C1(CCC)CCCN1)c1ccccc1. The summed E-state index contributed by atoms with van der Waals surface area (Å²) in [5.41, 5.74) is 0.693. The summed E-state index contributed by atoms with van der Waals surface area (Å²) >= 11 is 0. The summed E-state index contributed by atoms with van der Waals surface area (Å²) in [5.74, 6) is 0.265. The third-order valence-corrected chi connectivity index (χ3v) is 4.38. The highest BCUT2D eigenvalue weighted by Crippen LogP contribution is 2.29. The molecule has 1 amide bonds. The molecule has 3 nitrogen and oxygen atoms in total. The van der Waals surface area contributed by atoms with E-state index in [1.807, 2.05) is 35.2 Å². The first-order valence-corrected chi connectivity index (χ1v) is 8.35. The maximum Gasteiger partial charge on any atom is 0.247 e. The van der Waals surface area contributed by atoms with Gasteiger partial charge in [0.15, 0.2) is 0 Å². The summed E-state index contributed by atoms with van der Waals surface area (Å²) in [6.45, 7) is 6.10. The number of nitrogens with zero attached hydrogens (tertiary/aromatic N) is 1. The van der Waals surface area contributed by atoms with Gasteiger partial charge in [-0.15, -0.1) is 0 Å². The van der Waals surface area contributed by atoms with Crippen LogP contribution in [-0.4, -0.2) is 24.5 Å². The number of benzene rings is 1. The van der Waals surface area contributed by atoms with Gasteiger partial charge in [-0.1, -0.05) is 44.9 Å². The lowest BCUT2D eigenvalue weighted by Gasteiger charge is -2.34. The van der Waals surface area contributed by atoms with Crippen LogP contribution >= 0.6 is 0 Å². The molecule has 0 radical (unpaired) electrons. The van der Waals surface area contributed by atoms with Crippen molar-refractivity contribution in [3.05, 3.63) is 30.3 Å². The van der Waals surface area contributed by atoms with Crippen LogP contribution < -0.4 is 10.2 Å². The molecule has 1 saturated heterocycles. The van der Waals surface area contributed by atoms with Crippen LogP contribution in [0.4, 0.5) is 5.69 Å². The quantitative estimate of drug-likeness (QED) is 0.829. The van der Waals surface area contributed by atoms with Gasteiger partial charge < -0.3 is 10.2 Å². The van der Waals surface area contributed by atoms with Gasteiger partial charge in [0, 0.05) is 12.2 Å². The van der Waals surface area contributed by atoms with E-state index in [1.54, 1.807) is 0 Å². The zero-order chi connectivity index (χ0) is 15.1. The van der Waals surface area contributed by atoms with Crippen LogP contribution in [0, 0.1) is 0 Å². The Hall–Kier alpha value is -1.35. The first-order chi connectivity index (χ1) is 10.2. The smallest absolute Gasteiger partial charge is 0.247 e. The normalized spacial score (nSPS) is 21.4. The molecule has 1 N–H and O–H groups in total. The number of anilines is 1. The Labute approximate surface area is 128 Å². The number of para-hydroxylation sites is 1. The molecule has 116 valence electrons. The monoisotopic (exact) mass is 288 g/mol. The lowest BCUT2D eigenvalue weighted by atomic mass is 9.90. The van der Waals surface area contributed by atoms with Gasteiger partial charge in [0.1, 0.15) is 0 Å². The van der Waals surface area contributed by atoms with E-state index in [0.29, 0.717) is 0 Å². The molecule has 1 aromatic carbocycles. The minimum absolute atomic E-state index is 0.265. The van der Waals surface area contributed by atoms with Crippen LogP contribution in [0.1, 0.15) is 52.4 Å². The Balaban J connectivity index is 2.24. The minimum atomic E-state index is -0.335. The number of hydrogen-bond acceptors (Lipinski definition) is 2. The van der Waals surface area contributed by atoms with Crippen LogP contribution in [0.3, 0.4) is 0 Å². The van der Waals surface area contributed by atoms with Gasteiger partial charge >= 0.3 is 0 Å². The van der Waals surface area contributed by atoms with Gasteiger partial charge in [0.05, 0.1) is 5.54 Å². The number of carbonyl (C=O) groups excluding carboxylic acids is 1. The third kappa shape index (κ3) is 3.65. The summed E-state index contributed by atoms with van der Waals surface area (Å²) in [7, 11) is 0. The average Bonchev–Trinajstić information content (AvgIpc) is 2.99. The number of rotatable bonds is 7. The summed E-state index contributed by atoms with van der Waals surface area (Å²) in [5, 5.41) is 3.51. The van der Waals surface area contributed by atoms with Crippen molar-refractivity contribution in [1.82, 2.24) is 5.32 Å². The van der Waals surface area contributed by atoms with E-state index in [9.17, 15) is 4.79 Å². The van der Waals surface area contributed by atoms with E-state index in [1.165, 1.54) is 0 Å². The van der Waals surface area contributed by atoms with Gasteiger partial charge in [0.2, 0.25) is 5.91 Å². The molecular weight excluding hydrogens is 260 g/mol. The molecular formula is C18H28N2O. The van der Waals surface area contributed by atoms with Crippen molar-refractivity contribution in [1.29, 1.82) is 0 Å². The Morgan fingerprint density at radius 1 is 1.24 bits per heavy atom. The van der Waals surface area contributed by atoms with Crippen molar-refractivity contribution in [2.45, 2.75) is 57.9 Å². The van der Waals surface area contributed by atoms with E-state index in [0.717, 1.165) is 57.3 Å². The minimum Gasteiger partial charge on any atom is -0.311 e. The fraction of sp³-hybridized carbons (Fsp3) is 0.611. The molecule has 0 aromatic heterocycles. The Morgan fingerprint density at radius 3 is 2.57 bits per heavy atom. The molecule has 1 heterocycles. The lowest BCUT2D eigenvalue weighted by Crippen LogP contribution is -2.55. The second-order valence-corrected chi connectivity index (χ2v) is 6.01. The molecule has 1 atom stereocenters. The van der Waals surface area contributed by atoms with Crippen molar-refractivity contribution < 1.29 is 4.79 Å². The predicted octanol–water partition coefficient (Wildman–Crippen LogP) is 3.74. The first kappa shape index (κ1) is 16.0. The molecule has 0 bridgehead atoms. The highest BCUT2D eigenvalue weighted by atomic mass is 16.2. The fourth-order valence-electron chi connectivity index (χ4n) is 3.27. The standard InChI is InChI=1S/C18H28N2O/c1-3-5-15-20(16-10-7-6-8-11-16)17(21)18(12-4-2)13-9-14-19-18/h6-8,10-11,19H,3-5,9,12-15H2,1-2H3. The third-order valence-electron chi connectivity index (χ3n) is 4.38. The number of unbranched alkanes of at least 4 members (excludes halogenated alkanes) is 1. The van der Waals surface area contributed by atoms with Crippen LogP contribution in [-0.2, 0) is 4.79 Å². The van der Waals surface area contributed by atoms with E-state index in [4.69, 9.17) is 0 Å². The van der Waals surface area contributed by atoms with Crippen molar-refractivity contribution in [2.75, 3.05) is 18.0 Å². The second-order valence-electron chi connectivity index (χ2n) is 6.01. The molecule has 1 aliphatic heterocycles. The molecule has 1 fully saturated rings. The largest absolute Gasteiger partial charge is 0.311 e. The number of nitrogens with one attached hydrogen (secondary N) is 1. The molecule has 0 spiro atoms. The Morgan fingerprint density at radius 2 is 2.00 bits per heavy atom. The number of amides is 1. The average molecular weight is 288 g/mol. The first-order valence-electron chi connectivity index (χ1n) is 8.35. The molecule has 2 rings (SSSR count). The maximum absolute atomic E-state index is 13.2. The molecule has 1 aromatic rings. The van der Waals surface area contributed by atoms with E-state index < -0.39 is 0 Å². The van der Waals surface area contributed by atoms with Crippen molar-refractivity contribution in [3.8, 4) is 0 Å². The molecule has 1 aliphatic rings. The van der Waals surface area contributed by atoms with E-state index in [2.05, 4.69) is 19.2 Å². The fourth-order valence-corrected chi connectivity index (χ4v) is 3.27. The Bertz CT molecular complexity index is 438. The zero-order valence-corrected chi connectivity index (χ0v) is 13.4. The topological polar surface area (TPSA) is 32.3 Å². The van der Waals surface area contributed by atoms with Crippen LogP contribution in [0.2, 0.25) is 0 Å². The maximum atomic E-state index is 13.2. The van der Waals surface area contributed by atoms with E-state index in [-0.39, 0.29) is 11.4 Å². The summed E-state index contributed by atoms with van der Waals surface area (Å²) in [6, 6.07) is 10.1. The van der Waals surface area contributed by atoms with Gasteiger partial charge in [0.25, 0.3) is 0 Å². The number of hydrogen-bond donors (Lipinski definition) is 1. The molecule has 0 aliphatic carbocycles. The van der Waals surface area contributed by atoms with Crippen LogP contribution in [0.15, 0.2) is 30.3 Å². The van der Waals surface area contributed by atoms with Gasteiger partial charge in [-0.2, -0.15) is 0 Å². The van der Waals surface area contributed by atoms with Crippen molar-refractivity contribution in [3.63, 3.8) is 0 Å². The van der Waals surface area contributed by atoms with Gasteiger partial charge in [-0.05, 0) is 44.4 Å². The van der Waals surface area contributed by atoms with Crippen LogP contribution in [0.25, 0.3) is 0 Å². The molecule has 1 unspecified atom stereocenters. The summed E-state index contributed by atoms with van der Waals surface area (Å²) in [4.78, 5) is 15.2. The van der Waals surface area contributed by atoms with E-state index >= 15 is 0 Å². The zero-order valence-electron chi connectivity index (χ0n) is 13.4. The summed E-state index contributed by atoms with van der Waals surface area (Å²) < 4.78 is 0. The Kier molecular flexibility index (Phi) is 5.80. The van der Waals surface area contributed by atoms with Crippen molar-refractivity contribution >= 4 is 11.6 Å². The van der Waals surface area contributed by atoms with Crippen molar-refractivity contribution in [2.24, 2.45) is 0 Å². The van der Waals surface area contributed by atoms with Gasteiger partial charge in [-0.3, -0.25) is 4.79 Å². The lowest BCUT2D eigenvalue weighted by molar-refractivity contribution is -0.124. The number of carbonyl (C=O) groups is 1. The highest BCUT2D eigenvalue weighted by Gasteiger charge is 2.42. The molecule has 3 heteroatoms. The second kappa shape index (κ2) is 7.60.